The van der Waals surface area contributed by atoms with Crippen LogP contribution in [-0.2, 0) is 27.3 Å². The number of nitrogens with one attached hydrogen (secondary N) is 1. The highest BCUT2D eigenvalue weighted by Gasteiger charge is 2.17. The van der Waals surface area contributed by atoms with Crippen molar-refractivity contribution in [1.82, 2.24) is 5.32 Å². The van der Waals surface area contributed by atoms with Gasteiger partial charge in [0.2, 0.25) is 0 Å². The number of benzene rings is 2. The Labute approximate surface area is 148 Å². The summed E-state index contributed by atoms with van der Waals surface area (Å²) in [6.07, 6.45) is -0.726. The van der Waals surface area contributed by atoms with Crippen LogP contribution in [0.3, 0.4) is 0 Å². The molecule has 0 fully saturated rings. The van der Waals surface area contributed by atoms with E-state index in [0.29, 0.717) is 6.54 Å². The summed E-state index contributed by atoms with van der Waals surface area (Å²) in [6.45, 7) is 3.97. The van der Waals surface area contributed by atoms with Crippen molar-refractivity contribution >= 4 is 11.9 Å². The van der Waals surface area contributed by atoms with E-state index >= 15 is 0 Å². The van der Waals surface area contributed by atoms with E-state index in [-0.39, 0.29) is 12.3 Å². The summed E-state index contributed by atoms with van der Waals surface area (Å²) >= 11 is 0. The van der Waals surface area contributed by atoms with Gasteiger partial charge in [-0.05, 0) is 37.1 Å². The Hall–Kier alpha value is -2.82. The quantitative estimate of drug-likeness (QED) is 0.787. The maximum absolute atomic E-state index is 12.0. The molecule has 0 unspecified atom stereocenters. The zero-order valence-corrected chi connectivity index (χ0v) is 14.7. The lowest BCUT2D eigenvalue weighted by molar-refractivity contribution is -0.154. The predicted molar refractivity (Wildman–Crippen MR) is 95.3 cm³/mol. The summed E-state index contributed by atoms with van der Waals surface area (Å²) in [7, 11) is 1.58. The number of rotatable bonds is 7. The number of carbonyl (C=O) groups is 2. The summed E-state index contributed by atoms with van der Waals surface area (Å²) in [5, 5.41) is 2.77. The Morgan fingerprint density at radius 3 is 2.20 bits per heavy atom. The van der Waals surface area contributed by atoms with Gasteiger partial charge in [0.15, 0.2) is 6.10 Å². The van der Waals surface area contributed by atoms with Crippen molar-refractivity contribution in [2.45, 2.75) is 32.9 Å². The van der Waals surface area contributed by atoms with Crippen LogP contribution in [0.2, 0.25) is 0 Å². The number of hydrogen-bond donors (Lipinski definition) is 1. The molecule has 1 N–H and O–H groups in total. The smallest absolute Gasteiger partial charge is 0.311 e. The maximum atomic E-state index is 12.0. The van der Waals surface area contributed by atoms with Gasteiger partial charge in [0.1, 0.15) is 5.75 Å². The Bertz CT molecular complexity index is 707. The second-order valence-corrected chi connectivity index (χ2v) is 5.86. The third kappa shape index (κ3) is 5.95. The lowest BCUT2D eigenvalue weighted by atomic mass is 10.1. The lowest BCUT2D eigenvalue weighted by Crippen LogP contribution is -2.35. The van der Waals surface area contributed by atoms with Gasteiger partial charge < -0.3 is 14.8 Å². The number of aryl methyl sites for hydroxylation is 1. The minimum absolute atomic E-state index is 0.111. The molecule has 0 heterocycles. The first-order valence-corrected chi connectivity index (χ1v) is 8.13. The van der Waals surface area contributed by atoms with Gasteiger partial charge in [-0.1, -0.05) is 42.0 Å². The van der Waals surface area contributed by atoms with Crippen molar-refractivity contribution in [2.75, 3.05) is 7.11 Å². The first kappa shape index (κ1) is 18.5. The Balaban J connectivity index is 1.78. The summed E-state index contributed by atoms with van der Waals surface area (Å²) < 4.78 is 10.3. The highest BCUT2D eigenvalue weighted by atomic mass is 16.5. The van der Waals surface area contributed by atoms with Crippen LogP contribution in [0.1, 0.15) is 23.6 Å². The van der Waals surface area contributed by atoms with Crippen molar-refractivity contribution in [3.8, 4) is 5.75 Å². The van der Waals surface area contributed by atoms with Gasteiger partial charge in [0.25, 0.3) is 5.91 Å². The summed E-state index contributed by atoms with van der Waals surface area (Å²) in [5.74, 6) is -0.0345. The third-order valence-electron chi connectivity index (χ3n) is 3.77. The maximum Gasteiger partial charge on any atom is 0.311 e. The highest BCUT2D eigenvalue weighted by molar-refractivity contribution is 5.83. The number of carbonyl (C=O) groups excluding carboxylic acids is 2. The molecule has 1 amide bonds. The van der Waals surface area contributed by atoms with Crippen molar-refractivity contribution in [3.05, 3.63) is 65.2 Å². The van der Waals surface area contributed by atoms with E-state index < -0.39 is 12.1 Å². The highest BCUT2D eigenvalue weighted by Crippen LogP contribution is 2.12. The number of methoxy groups -OCH3 is 1. The molecule has 2 aromatic carbocycles. The van der Waals surface area contributed by atoms with Crippen molar-refractivity contribution in [2.24, 2.45) is 0 Å². The van der Waals surface area contributed by atoms with Gasteiger partial charge in [0.05, 0.1) is 13.5 Å². The van der Waals surface area contributed by atoms with Crippen LogP contribution in [-0.4, -0.2) is 25.1 Å². The average Bonchev–Trinajstić information content (AvgIpc) is 2.61. The fourth-order valence-electron chi connectivity index (χ4n) is 2.24. The number of hydrogen-bond acceptors (Lipinski definition) is 4. The lowest BCUT2D eigenvalue weighted by Gasteiger charge is -2.14. The first-order valence-electron chi connectivity index (χ1n) is 8.13. The first-order chi connectivity index (χ1) is 12.0. The Kier molecular flexibility index (Phi) is 6.57. The molecule has 25 heavy (non-hydrogen) atoms. The normalized spacial score (nSPS) is 11.5. The molecule has 0 aliphatic heterocycles. The molecule has 0 aliphatic rings. The van der Waals surface area contributed by atoms with E-state index in [0.717, 1.165) is 22.4 Å². The minimum atomic E-state index is -0.837. The fraction of sp³-hybridized carbons (Fsp3) is 0.300. The van der Waals surface area contributed by atoms with Crippen LogP contribution in [0.25, 0.3) is 0 Å². The molecule has 0 aliphatic carbocycles. The molecule has 0 spiro atoms. The second-order valence-electron chi connectivity index (χ2n) is 5.86. The second kappa shape index (κ2) is 8.87. The van der Waals surface area contributed by atoms with E-state index in [1.807, 2.05) is 31.2 Å². The van der Waals surface area contributed by atoms with Crippen LogP contribution in [0.4, 0.5) is 0 Å². The third-order valence-corrected chi connectivity index (χ3v) is 3.77. The molecule has 132 valence electrons. The molecule has 0 aromatic heterocycles. The van der Waals surface area contributed by atoms with E-state index in [9.17, 15) is 9.59 Å². The molecule has 1 atom stereocenters. The SMILES string of the molecule is COc1ccc(CC(=O)O[C@H](C)C(=O)NCc2ccc(C)cc2)cc1. The van der Waals surface area contributed by atoms with Gasteiger partial charge in [-0.25, -0.2) is 0 Å². The monoisotopic (exact) mass is 341 g/mol. The molecule has 0 radical (unpaired) electrons. The van der Waals surface area contributed by atoms with Gasteiger partial charge in [-0.2, -0.15) is 0 Å². The van der Waals surface area contributed by atoms with Crippen LogP contribution in [0, 0.1) is 6.92 Å². The predicted octanol–water partition coefficient (Wildman–Crippen LogP) is 2.79. The van der Waals surface area contributed by atoms with Crippen LogP contribution in [0.5, 0.6) is 5.75 Å². The van der Waals surface area contributed by atoms with Crippen molar-refractivity contribution in [3.63, 3.8) is 0 Å². The summed E-state index contributed by atoms with van der Waals surface area (Å²) in [6, 6.07) is 15.0. The van der Waals surface area contributed by atoms with E-state index in [4.69, 9.17) is 9.47 Å². The summed E-state index contributed by atoms with van der Waals surface area (Å²) in [4.78, 5) is 24.0. The van der Waals surface area contributed by atoms with E-state index in [1.54, 1.807) is 38.3 Å². The fourth-order valence-corrected chi connectivity index (χ4v) is 2.24. The Morgan fingerprint density at radius 1 is 1.00 bits per heavy atom. The van der Waals surface area contributed by atoms with Crippen LogP contribution in [0.15, 0.2) is 48.5 Å². The van der Waals surface area contributed by atoms with Gasteiger partial charge in [0, 0.05) is 6.54 Å². The van der Waals surface area contributed by atoms with Gasteiger partial charge in [-0.15, -0.1) is 0 Å². The molecular formula is C20H23NO4. The zero-order chi connectivity index (χ0) is 18.2. The van der Waals surface area contributed by atoms with Gasteiger partial charge >= 0.3 is 5.97 Å². The molecule has 2 rings (SSSR count). The van der Waals surface area contributed by atoms with E-state index in [2.05, 4.69) is 5.32 Å². The Morgan fingerprint density at radius 2 is 1.60 bits per heavy atom. The molecule has 0 bridgehead atoms. The van der Waals surface area contributed by atoms with Crippen molar-refractivity contribution in [1.29, 1.82) is 0 Å². The van der Waals surface area contributed by atoms with Crippen LogP contribution < -0.4 is 10.1 Å². The standard InChI is InChI=1S/C20H23NO4/c1-14-4-6-17(7-5-14)13-21-20(23)15(2)25-19(22)12-16-8-10-18(24-3)11-9-16/h4-11,15H,12-13H2,1-3H3,(H,21,23)/t15-/m1/s1. The minimum Gasteiger partial charge on any atom is -0.497 e. The molecule has 5 nitrogen and oxygen atoms in total. The summed E-state index contributed by atoms with van der Waals surface area (Å²) in [5.41, 5.74) is 2.96. The van der Waals surface area contributed by atoms with Crippen molar-refractivity contribution < 1.29 is 19.1 Å². The molecule has 2 aromatic rings. The average molecular weight is 341 g/mol. The molecule has 0 saturated carbocycles. The largest absolute Gasteiger partial charge is 0.497 e. The van der Waals surface area contributed by atoms with Gasteiger partial charge in [-0.3, -0.25) is 9.59 Å². The topological polar surface area (TPSA) is 64.6 Å². The number of ether oxygens (including phenoxy) is 2. The molecule has 0 saturated heterocycles. The van der Waals surface area contributed by atoms with Crippen LogP contribution >= 0.6 is 0 Å². The molecule has 5 heteroatoms. The van der Waals surface area contributed by atoms with E-state index in [1.165, 1.54) is 0 Å². The molecular weight excluding hydrogens is 318 g/mol. The number of esters is 1. The zero-order valence-electron chi connectivity index (χ0n) is 14.7. The number of amides is 1.